The first-order valence-corrected chi connectivity index (χ1v) is 6.84. The number of nitrogens with zero attached hydrogens (tertiary/aromatic N) is 4. The summed E-state index contributed by atoms with van der Waals surface area (Å²) in [6.07, 6.45) is 8.54. The van der Waals surface area contributed by atoms with Crippen LogP contribution >= 0.6 is 0 Å². The zero-order valence-electron chi connectivity index (χ0n) is 11.7. The van der Waals surface area contributed by atoms with Crippen LogP contribution in [-0.2, 0) is 5.54 Å². The molecule has 4 nitrogen and oxygen atoms in total. The van der Waals surface area contributed by atoms with Gasteiger partial charge < -0.3 is 0 Å². The fourth-order valence-electron chi connectivity index (χ4n) is 2.84. The molecule has 3 heterocycles. The van der Waals surface area contributed by atoms with Gasteiger partial charge in [-0.15, -0.1) is 0 Å². The van der Waals surface area contributed by atoms with Gasteiger partial charge in [-0.25, -0.2) is 9.67 Å². The van der Waals surface area contributed by atoms with Crippen molar-refractivity contribution in [3.05, 3.63) is 36.3 Å². The minimum absolute atomic E-state index is 0.00682. The lowest BCUT2D eigenvalue weighted by atomic mass is 9.91. The molecule has 0 aliphatic carbocycles. The van der Waals surface area contributed by atoms with Crippen LogP contribution < -0.4 is 4.57 Å². The molecular formula is C15H19N4+. The van der Waals surface area contributed by atoms with Gasteiger partial charge in [-0.2, -0.15) is 9.67 Å². The van der Waals surface area contributed by atoms with Gasteiger partial charge in [-0.1, -0.05) is 13.8 Å². The Morgan fingerprint density at radius 3 is 2.79 bits per heavy atom. The molecule has 0 atom stereocenters. The zero-order valence-corrected chi connectivity index (χ0v) is 11.7. The SMILES string of the molecule is CCC1(CC)C=Cn2nc(C)nc2-c2cccc[n+]21. The third kappa shape index (κ3) is 1.70. The van der Waals surface area contributed by atoms with E-state index in [2.05, 4.69) is 65.2 Å². The Kier molecular flexibility index (Phi) is 2.73. The van der Waals surface area contributed by atoms with E-state index in [-0.39, 0.29) is 5.54 Å². The van der Waals surface area contributed by atoms with Crippen LogP contribution in [0, 0.1) is 6.92 Å². The van der Waals surface area contributed by atoms with Crippen LogP contribution in [0.15, 0.2) is 30.5 Å². The molecule has 2 aromatic rings. The summed E-state index contributed by atoms with van der Waals surface area (Å²) in [7, 11) is 0. The molecule has 98 valence electrons. The largest absolute Gasteiger partial charge is 0.251 e. The van der Waals surface area contributed by atoms with Gasteiger partial charge in [-0.05, 0) is 13.0 Å². The Hall–Kier alpha value is -1.97. The normalized spacial score (nSPS) is 15.7. The van der Waals surface area contributed by atoms with Crippen molar-refractivity contribution in [1.82, 2.24) is 14.8 Å². The summed E-state index contributed by atoms with van der Waals surface area (Å²) >= 11 is 0. The Morgan fingerprint density at radius 2 is 2.05 bits per heavy atom. The van der Waals surface area contributed by atoms with E-state index in [4.69, 9.17) is 0 Å². The Bertz CT molecular complexity index is 635. The molecule has 0 radical (unpaired) electrons. The van der Waals surface area contributed by atoms with E-state index in [0.29, 0.717) is 0 Å². The van der Waals surface area contributed by atoms with Crippen molar-refractivity contribution < 1.29 is 4.57 Å². The lowest BCUT2D eigenvalue weighted by molar-refractivity contribution is -0.743. The summed E-state index contributed by atoms with van der Waals surface area (Å²) in [5, 5.41) is 4.45. The number of hydrogen-bond acceptors (Lipinski definition) is 2. The Morgan fingerprint density at radius 1 is 1.26 bits per heavy atom. The molecule has 0 amide bonds. The number of hydrogen-bond donors (Lipinski definition) is 0. The number of aromatic nitrogens is 4. The molecule has 0 saturated heterocycles. The molecule has 0 spiro atoms. The van der Waals surface area contributed by atoms with Crippen LogP contribution in [0.5, 0.6) is 0 Å². The number of rotatable bonds is 2. The molecule has 0 aromatic carbocycles. The second-order valence-corrected chi connectivity index (χ2v) is 5.01. The molecule has 19 heavy (non-hydrogen) atoms. The maximum Gasteiger partial charge on any atom is 0.251 e. The highest BCUT2D eigenvalue weighted by atomic mass is 15.4. The van der Waals surface area contributed by atoms with E-state index in [1.54, 1.807) is 0 Å². The average molecular weight is 255 g/mol. The summed E-state index contributed by atoms with van der Waals surface area (Å²) in [6, 6.07) is 6.25. The van der Waals surface area contributed by atoms with Crippen LogP contribution in [-0.4, -0.2) is 14.8 Å². The summed E-state index contributed by atoms with van der Waals surface area (Å²) in [5.41, 5.74) is 1.13. The average Bonchev–Trinajstić information content (AvgIpc) is 2.76. The maximum absolute atomic E-state index is 4.57. The van der Waals surface area contributed by atoms with Crippen molar-refractivity contribution in [2.24, 2.45) is 0 Å². The number of fused-ring (bicyclic) bond motifs is 3. The fourth-order valence-corrected chi connectivity index (χ4v) is 2.84. The second kappa shape index (κ2) is 4.30. The quantitative estimate of drug-likeness (QED) is 0.773. The van der Waals surface area contributed by atoms with E-state index in [1.807, 2.05) is 11.6 Å². The molecule has 0 N–H and O–H groups in total. The van der Waals surface area contributed by atoms with Crippen LogP contribution in [0.3, 0.4) is 0 Å². The Balaban J connectivity index is 2.33. The first-order chi connectivity index (χ1) is 9.20. The zero-order chi connectivity index (χ0) is 13.5. The summed E-state index contributed by atoms with van der Waals surface area (Å²) < 4.78 is 4.21. The second-order valence-electron chi connectivity index (χ2n) is 5.01. The molecule has 1 aliphatic heterocycles. The van der Waals surface area contributed by atoms with Gasteiger partial charge in [0.2, 0.25) is 5.82 Å². The standard InChI is InChI=1S/C15H19N4/c1-4-15(5-2)9-11-19-14(16-12(3)17-19)13-8-6-7-10-18(13)15/h6-11H,4-5H2,1-3H3/q+1. The highest BCUT2D eigenvalue weighted by Gasteiger charge is 2.39. The minimum atomic E-state index is 0.00682. The van der Waals surface area contributed by atoms with Gasteiger partial charge in [-0.3, -0.25) is 0 Å². The van der Waals surface area contributed by atoms with Crippen LogP contribution in [0.4, 0.5) is 0 Å². The topological polar surface area (TPSA) is 34.6 Å². The number of allylic oxidation sites excluding steroid dienone is 1. The smallest absolute Gasteiger partial charge is 0.215 e. The molecule has 1 aliphatic rings. The summed E-state index contributed by atoms with van der Waals surface area (Å²) in [4.78, 5) is 4.57. The van der Waals surface area contributed by atoms with E-state index < -0.39 is 0 Å². The van der Waals surface area contributed by atoms with E-state index in [0.717, 1.165) is 30.2 Å². The van der Waals surface area contributed by atoms with Crippen molar-refractivity contribution in [2.45, 2.75) is 39.2 Å². The third-order valence-corrected chi connectivity index (χ3v) is 4.06. The van der Waals surface area contributed by atoms with Crippen molar-refractivity contribution in [2.75, 3.05) is 0 Å². The monoisotopic (exact) mass is 255 g/mol. The van der Waals surface area contributed by atoms with E-state index >= 15 is 0 Å². The van der Waals surface area contributed by atoms with Gasteiger partial charge in [0.25, 0.3) is 5.69 Å². The molecule has 2 aromatic heterocycles. The van der Waals surface area contributed by atoms with Gasteiger partial charge in [0.1, 0.15) is 5.82 Å². The predicted octanol–water partition coefficient (Wildman–Crippen LogP) is 2.54. The highest BCUT2D eigenvalue weighted by molar-refractivity contribution is 5.51. The van der Waals surface area contributed by atoms with Crippen LogP contribution in [0.25, 0.3) is 17.7 Å². The Labute approximate surface area is 113 Å². The number of aryl methyl sites for hydroxylation is 1. The minimum Gasteiger partial charge on any atom is -0.215 e. The third-order valence-electron chi connectivity index (χ3n) is 4.06. The van der Waals surface area contributed by atoms with Crippen molar-refractivity contribution in [1.29, 1.82) is 0 Å². The van der Waals surface area contributed by atoms with Gasteiger partial charge >= 0.3 is 0 Å². The van der Waals surface area contributed by atoms with Crippen molar-refractivity contribution in [3.63, 3.8) is 0 Å². The summed E-state index contributed by atoms with van der Waals surface area (Å²) in [5.74, 6) is 1.72. The maximum atomic E-state index is 4.57. The fraction of sp³-hybridized carbons (Fsp3) is 0.400. The van der Waals surface area contributed by atoms with Gasteiger partial charge in [0.15, 0.2) is 11.7 Å². The molecule has 4 heteroatoms. The lowest BCUT2D eigenvalue weighted by Crippen LogP contribution is -2.55. The molecule has 0 fully saturated rings. The first kappa shape index (κ1) is 12.1. The summed E-state index contributed by atoms with van der Waals surface area (Å²) in [6.45, 7) is 6.38. The van der Waals surface area contributed by atoms with Crippen LogP contribution in [0.2, 0.25) is 0 Å². The molecular weight excluding hydrogens is 236 g/mol. The van der Waals surface area contributed by atoms with Crippen molar-refractivity contribution >= 4 is 6.20 Å². The molecule has 3 rings (SSSR count). The predicted molar refractivity (Wildman–Crippen MR) is 74.3 cm³/mol. The first-order valence-electron chi connectivity index (χ1n) is 6.84. The molecule has 0 unspecified atom stereocenters. The van der Waals surface area contributed by atoms with Crippen LogP contribution in [0.1, 0.15) is 32.5 Å². The lowest BCUT2D eigenvalue weighted by Gasteiger charge is -2.22. The van der Waals surface area contributed by atoms with E-state index in [1.165, 1.54) is 0 Å². The van der Waals surface area contributed by atoms with Crippen molar-refractivity contribution in [3.8, 4) is 11.5 Å². The van der Waals surface area contributed by atoms with Gasteiger partial charge in [0.05, 0.1) is 0 Å². The van der Waals surface area contributed by atoms with E-state index in [9.17, 15) is 0 Å². The highest BCUT2D eigenvalue weighted by Crippen LogP contribution is 2.27. The molecule has 0 bridgehead atoms. The number of pyridine rings is 1. The van der Waals surface area contributed by atoms with Gasteiger partial charge in [0, 0.05) is 37.3 Å². The molecule has 0 saturated carbocycles.